The normalized spacial score (nSPS) is 23.4. The molecule has 1 aliphatic rings. The van der Waals surface area contributed by atoms with Crippen LogP contribution in [0.3, 0.4) is 0 Å². The Kier molecular flexibility index (Phi) is 4.32. The molecule has 2 rings (SSSR count). The van der Waals surface area contributed by atoms with Gasteiger partial charge in [0.2, 0.25) is 0 Å². The molecule has 1 aromatic rings. The van der Waals surface area contributed by atoms with Crippen molar-refractivity contribution in [3.63, 3.8) is 0 Å². The lowest BCUT2D eigenvalue weighted by atomic mass is 9.88. The number of carbonyl (C=O) groups excluding carboxylic acids is 1. The first-order valence-corrected chi connectivity index (χ1v) is 6.40. The van der Waals surface area contributed by atoms with E-state index in [4.69, 9.17) is 0 Å². The van der Waals surface area contributed by atoms with Gasteiger partial charge in [0.15, 0.2) is 0 Å². The van der Waals surface area contributed by atoms with Crippen molar-refractivity contribution in [1.82, 2.24) is 5.32 Å². The van der Waals surface area contributed by atoms with Crippen LogP contribution in [0.15, 0.2) is 24.3 Å². The molecule has 0 aromatic heterocycles. The molecule has 0 spiro atoms. The average molecular weight is 287 g/mol. The van der Waals surface area contributed by atoms with Gasteiger partial charge in [0, 0.05) is 6.54 Å². The second-order valence-corrected chi connectivity index (χ2v) is 4.88. The predicted molar refractivity (Wildman–Crippen MR) is 67.2 cm³/mol. The van der Waals surface area contributed by atoms with E-state index in [1.54, 1.807) is 0 Å². The van der Waals surface area contributed by atoms with Crippen molar-refractivity contribution in [1.29, 1.82) is 0 Å². The van der Waals surface area contributed by atoms with Crippen molar-refractivity contribution in [2.45, 2.75) is 31.0 Å². The Morgan fingerprint density at radius 3 is 2.35 bits per heavy atom. The number of hydrogen-bond donors (Lipinski definition) is 1. The zero-order chi connectivity index (χ0) is 14.8. The molecule has 1 aromatic carbocycles. The number of benzene rings is 1. The van der Waals surface area contributed by atoms with Crippen LogP contribution in [-0.4, -0.2) is 25.7 Å². The molecule has 20 heavy (non-hydrogen) atoms. The summed E-state index contributed by atoms with van der Waals surface area (Å²) >= 11 is 0. The predicted octanol–water partition coefficient (Wildman–Crippen LogP) is 2.71. The summed E-state index contributed by atoms with van der Waals surface area (Å²) in [6, 6.07) is 4.90. The summed E-state index contributed by atoms with van der Waals surface area (Å²) in [5.41, 5.74) is 0.214. The molecule has 0 saturated carbocycles. The second-order valence-electron chi connectivity index (χ2n) is 4.88. The maximum Gasteiger partial charge on any atom is 0.416 e. The molecule has 1 N–H and O–H groups in total. The number of piperidine rings is 1. The van der Waals surface area contributed by atoms with Gasteiger partial charge in [-0.1, -0.05) is 12.1 Å². The highest BCUT2D eigenvalue weighted by atomic mass is 19.4. The Hall–Kier alpha value is -1.56. The molecule has 0 radical (unpaired) electrons. The molecule has 110 valence electrons. The first kappa shape index (κ1) is 14.8. The van der Waals surface area contributed by atoms with E-state index < -0.39 is 11.7 Å². The number of halogens is 3. The molecular formula is C14H16F3NO2. The van der Waals surface area contributed by atoms with Crippen LogP contribution in [0.25, 0.3) is 0 Å². The fraction of sp³-hybridized carbons (Fsp3) is 0.500. The van der Waals surface area contributed by atoms with Crippen LogP contribution in [0.5, 0.6) is 0 Å². The highest BCUT2D eigenvalue weighted by Crippen LogP contribution is 2.31. The second kappa shape index (κ2) is 5.83. The van der Waals surface area contributed by atoms with Crippen molar-refractivity contribution in [2.75, 3.05) is 13.7 Å². The summed E-state index contributed by atoms with van der Waals surface area (Å²) in [7, 11) is 1.34. The van der Waals surface area contributed by atoms with Crippen molar-refractivity contribution in [2.24, 2.45) is 0 Å². The topological polar surface area (TPSA) is 38.3 Å². The molecule has 1 heterocycles. The van der Waals surface area contributed by atoms with Crippen molar-refractivity contribution < 1.29 is 22.7 Å². The van der Waals surface area contributed by atoms with Gasteiger partial charge in [0.05, 0.1) is 12.7 Å². The first-order chi connectivity index (χ1) is 9.41. The molecule has 1 saturated heterocycles. The number of rotatable bonds is 2. The summed E-state index contributed by atoms with van der Waals surface area (Å²) in [5.74, 6) is -0.172. The van der Waals surface area contributed by atoms with Gasteiger partial charge in [-0.3, -0.25) is 4.79 Å². The molecular weight excluding hydrogens is 271 g/mol. The van der Waals surface area contributed by atoms with E-state index in [9.17, 15) is 18.0 Å². The lowest BCUT2D eigenvalue weighted by molar-refractivity contribution is -0.143. The Morgan fingerprint density at radius 2 is 1.90 bits per heavy atom. The zero-order valence-electron chi connectivity index (χ0n) is 11.0. The van der Waals surface area contributed by atoms with Gasteiger partial charge in [0.25, 0.3) is 0 Å². The van der Waals surface area contributed by atoms with Crippen molar-refractivity contribution >= 4 is 5.97 Å². The standard InChI is InChI=1S/C14H16F3NO2/c1-20-13(19)12-7-4-10(8-18-12)9-2-5-11(6-3-9)14(15,16)17/h2-3,5-6,10,12,18H,4,7-8H2,1H3/t10?,12-/m0/s1. The minimum atomic E-state index is -4.31. The van der Waals surface area contributed by atoms with Gasteiger partial charge in [-0.2, -0.15) is 13.2 Å². The number of hydrogen-bond acceptors (Lipinski definition) is 3. The highest BCUT2D eigenvalue weighted by Gasteiger charge is 2.31. The number of methoxy groups -OCH3 is 1. The van der Waals surface area contributed by atoms with E-state index in [1.807, 2.05) is 0 Å². The van der Waals surface area contributed by atoms with Crippen molar-refractivity contribution in [3.05, 3.63) is 35.4 Å². The lowest BCUT2D eigenvalue weighted by Crippen LogP contribution is -2.43. The largest absolute Gasteiger partial charge is 0.468 e. The van der Waals surface area contributed by atoms with Gasteiger partial charge in [0.1, 0.15) is 6.04 Å². The van der Waals surface area contributed by atoms with Gasteiger partial charge in [-0.15, -0.1) is 0 Å². The van der Waals surface area contributed by atoms with Gasteiger partial charge in [-0.05, 0) is 36.5 Å². The van der Waals surface area contributed by atoms with Crippen LogP contribution in [0.4, 0.5) is 13.2 Å². The SMILES string of the molecule is COC(=O)[C@@H]1CCC(c2ccc(C(F)(F)F)cc2)CN1. The van der Waals surface area contributed by atoms with E-state index in [1.165, 1.54) is 19.2 Å². The third-order valence-electron chi connectivity index (χ3n) is 3.61. The molecule has 0 bridgehead atoms. The van der Waals surface area contributed by atoms with Crippen LogP contribution in [0.1, 0.15) is 29.9 Å². The molecule has 1 fully saturated rings. The smallest absolute Gasteiger partial charge is 0.416 e. The van der Waals surface area contributed by atoms with Crippen molar-refractivity contribution in [3.8, 4) is 0 Å². The van der Waals surface area contributed by atoms with Crippen LogP contribution < -0.4 is 5.32 Å². The average Bonchev–Trinajstić information content (AvgIpc) is 2.46. The molecule has 2 atom stereocenters. The van der Waals surface area contributed by atoms with Crippen LogP contribution in [0, 0.1) is 0 Å². The van der Waals surface area contributed by atoms with E-state index in [2.05, 4.69) is 10.1 Å². The molecule has 0 amide bonds. The Balaban J connectivity index is 1.99. The van der Waals surface area contributed by atoms with Gasteiger partial charge in [-0.25, -0.2) is 0 Å². The first-order valence-electron chi connectivity index (χ1n) is 6.40. The molecule has 1 unspecified atom stereocenters. The summed E-state index contributed by atoms with van der Waals surface area (Å²) in [5, 5.41) is 3.07. The minimum absolute atomic E-state index is 0.123. The van der Waals surface area contributed by atoms with E-state index in [0.29, 0.717) is 13.0 Å². The highest BCUT2D eigenvalue weighted by molar-refractivity contribution is 5.75. The summed E-state index contributed by atoms with van der Waals surface area (Å²) in [6.07, 6.45) is -2.93. The fourth-order valence-corrected chi connectivity index (χ4v) is 2.43. The summed E-state index contributed by atoms with van der Waals surface area (Å²) in [6.45, 7) is 0.561. The maximum atomic E-state index is 12.5. The van der Waals surface area contributed by atoms with E-state index >= 15 is 0 Å². The van der Waals surface area contributed by atoms with Gasteiger partial charge >= 0.3 is 12.1 Å². The number of esters is 1. The van der Waals surface area contributed by atoms with Crippen LogP contribution in [-0.2, 0) is 15.7 Å². The summed E-state index contributed by atoms with van der Waals surface area (Å²) < 4.78 is 42.1. The third-order valence-corrected chi connectivity index (χ3v) is 3.61. The van der Waals surface area contributed by atoms with E-state index in [0.717, 1.165) is 24.1 Å². The monoisotopic (exact) mass is 287 g/mol. The van der Waals surface area contributed by atoms with E-state index in [-0.39, 0.29) is 17.9 Å². The number of carbonyl (C=O) groups is 1. The van der Waals surface area contributed by atoms with Crippen LogP contribution in [0.2, 0.25) is 0 Å². The van der Waals surface area contributed by atoms with Crippen LogP contribution >= 0.6 is 0 Å². The third kappa shape index (κ3) is 3.30. The Labute approximate surface area is 115 Å². The number of ether oxygens (including phenoxy) is 1. The molecule has 3 nitrogen and oxygen atoms in total. The number of alkyl halides is 3. The molecule has 6 heteroatoms. The van der Waals surface area contributed by atoms with Gasteiger partial charge < -0.3 is 10.1 Å². The fourth-order valence-electron chi connectivity index (χ4n) is 2.43. The lowest BCUT2D eigenvalue weighted by Gasteiger charge is -2.28. The number of nitrogens with one attached hydrogen (secondary N) is 1. The molecule has 0 aliphatic carbocycles. The minimum Gasteiger partial charge on any atom is -0.468 e. The Bertz CT molecular complexity index is 462. The maximum absolute atomic E-state index is 12.5. The molecule has 1 aliphatic heterocycles. The summed E-state index contributed by atoms with van der Waals surface area (Å²) in [4.78, 5) is 11.4. The Morgan fingerprint density at radius 1 is 1.25 bits per heavy atom. The quantitative estimate of drug-likeness (QED) is 0.850. The zero-order valence-corrected chi connectivity index (χ0v) is 11.0.